The molecule has 1 unspecified atom stereocenters. The van der Waals surface area contributed by atoms with Gasteiger partial charge >= 0.3 is 0 Å². The van der Waals surface area contributed by atoms with Crippen molar-refractivity contribution in [3.63, 3.8) is 0 Å². The molecule has 0 aromatic rings. The molecule has 1 atom stereocenters. The van der Waals surface area contributed by atoms with Gasteiger partial charge in [0.1, 0.15) is 0 Å². The molecule has 0 saturated heterocycles. The van der Waals surface area contributed by atoms with E-state index in [1.165, 1.54) is 6.42 Å². The number of hydrogen-bond acceptors (Lipinski definition) is 0. The fourth-order valence-corrected chi connectivity index (χ4v) is 3.07. The van der Waals surface area contributed by atoms with Crippen molar-refractivity contribution in [3.8, 4) is 0 Å². The molecule has 0 saturated carbocycles. The van der Waals surface area contributed by atoms with E-state index >= 15 is 0 Å². The average molecular weight is 220 g/mol. The predicted octanol–water partition coefficient (Wildman–Crippen LogP) is 5.22. The van der Waals surface area contributed by atoms with Crippen LogP contribution in [0.25, 0.3) is 0 Å². The number of hydrogen-bond donors (Lipinski definition) is 0. The zero-order valence-electron chi connectivity index (χ0n) is 12.1. The van der Waals surface area contributed by atoms with Crippen LogP contribution in [0.15, 0.2) is 23.3 Å². The van der Waals surface area contributed by atoms with Crippen LogP contribution in [0.3, 0.4) is 0 Å². The maximum Gasteiger partial charge on any atom is 0.0139 e. The number of rotatable bonds is 5. The summed E-state index contributed by atoms with van der Waals surface area (Å²) >= 11 is 0. The van der Waals surface area contributed by atoms with E-state index in [-0.39, 0.29) is 0 Å². The molecule has 0 bridgehead atoms. The van der Waals surface area contributed by atoms with Crippen molar-refractivity contribution in [2.75, 3.05) is 0 Å². The highest BCUT2D eigenvalue weighted by Crippen LogP contribution is 2.58. The van der Waals surface area contributed by atoms with Crippen molar-refractivity contribution in [2.45, 2.75) is 54.9 Å². The van der Waals surface area contributed by atoms with Crippen molar-refractivity contribution in [2.24, 2.45) is 23.2 Å². The minimum Gasteiger partial charge on any atom is -0.0874 e. The van der Waals surface area contributed by atoms with Crippen LogP contribution in [0.4, 0.5) is 0 Å². The molecule has 0 fully saturated rings. The molecule has 0 N–H and O–H groups in total. The van der Waals surface area contributed by atoms with E-state index < -0.39 is 0 Å². The Morgan fingerprint density at radius 3 is 2.00 bits per heavy atom. The Bertz CT molecular complexity index is 296. The van der Waals surface area contributed by atoms with Gasteiger partial charge in [-0.1, -0.05) is 52.3 Å². The molecular formula is C16H28. The Morgan fingerprint density at radius 1 is 1.12 bits per heavy atom. The van der Waals surface area contributed by atoms with Crippen LogP contribution in [0.2, 0.25) is 0 Å². The van der Waals surface area contributed by atoms with Gasteiger partial charge in [-0.25, -0.2) is 0 Å². The summed E-state index contributed by atoms with van der Waals surface area (Å²) in [6.07, 6.45) is 5.80. The summed E-state index contributed by atoms with van der Waals surface area (Å²) in [5, 5.41) is 0. The van der Waals surface area contributed by atoms with E-state index in [1.54, 1.807) is 11.1 Å². The third kappa shape index (κ3) is 2.42. The lowest BCUT2D eigenvalue weighted by atomic mass is 9.76. The highest BCUT2D eigenvalue weighted by atomic mass is 14.5. The Balaban J connectivity index is 2.69. The molecule has 0 nitrogen and oxygen atoms in total. The summed E-state index contributed by atoms with van der Waals surface area (Å²) in [5.41, 5.74) is 3.60. The van der Waals surface area contributed by atoms with Gasteiger partial charge < -0.3 is 0 Å². The Kier molecular flexibility index (Phi) is 4.04. The fraction of sp³-hybridized carbons (Fsp3) is 0.750. The van der Waals surface area contributed by atoms with Gasteiger partial charge in [-0.05, 0) is 43.6 Å². The summed E-state index contributed by atoms with van der Waals surface area (Å²) in [6.45, 7) is 16.3. The van der Waals surface area contributed by atoms with E-state index in [9.17, 15) is 0 Å². The van der Waals surface area contributed by atoms with Gasteiger partial charge in [0.25, 0.3) is 0 Å². The summed E-state index contributed by atoms with van der Waals surface area (Å²) in [7, 11) is 0. The third-order valence-corrected chi connectivity index (χ3v) is 4.45. The van der Waals surface area contributed by atoms with Gasteiger partial charge in [-0.15, -0.1) is 0 Å². The summed E-state index contributed by atoms with van der Waals surface area (Å²) in [5.74, 6) is 2.41. The molecule has 92 valence electrons. The van der Waals surface area contributed by atoms with Crippen molar-refractivity contribution >= 4 is 0 Å². The summed E-state index contributed by atoms with van der Waals surface area (Å²) in [4.78, 5) is 0. The highest BCUT2D eigenvalue weighted by Gasteiger charge is 2.46. The van der Waals surface area contributed by atoms with Gasteiger partial charge in [0, 0.05) is 5.41 Å². The smallest absolute Gasteiger partial charge is 0.0139 e. The molecule has 0 heteroatoms. The first-order chi connectivity index (χ1) is 7.34. The van der Waals surface area contributed by atoms with Crippen molar-refractivity contribution in [1.29, 1.82) is 0 Å². The standard InChI is InChI=1S/C16H28/c1-8-9-15-13(6)16(15,7)10-14(11(2)3)12(4)5/h8-9,11-12,14H,10H2,1-7H3. The highest BCUT2D eigenvalue weighted by molar-refractivity contribution is 5.53. The molecule has 1 aliphatic rings. The van der Waals surface area contributed by atoms with Crippen LogP contribution in [-0.4, -0.2) is 0 Å². The largest absolute Gasteiger partial charge is 0.0874 e. The Morgan fingerprint density at radius 2 is 1.62 bits per heavy atom. The second-order valence-corrected chi connectivity index (χ2v) is 6.23. The van der Waals surface area contributed by atoms with E-state index in [4.69, 9.17) is 0 Å². The first-order valence-electron chi connectivity index (χ1n) is 6.69. The maximum atomic E-state index is 2.41. The van der Waals surface area contributed by atoms with Crippen LogP contribution in [0.5, 0.6) is 0 Å². The Hall–Kier alpha value is -0.520. The zero-order valence-corrected chi connectivity index (χ0v) is 12.1. The van der Waals surface area contributed by atoms with E-state index in [0.717, 1.165) is 17.8 Å². The second-order valence-electron chi connectivity index (χ2n) is 6.23. The maximum absolute atomic E-state index is 2.41. The normalized spacial score (nSPS) is 25.6. The van der Waals surface area contributed by atoms with E-state index in [2.05, 4.69) is 60.6 Å². The fourth-order valence-electron chi connectivity index (χ4n) is 3.07. The predicted molar refractivity (Wildman–Crippen MR) is 73.4 cm³/mol. The van der Waals surface area contributed by atoms with Gasteiger partial charge in [-0.2, -0.15) is 0 Å². The van der Waals surface area contributed by atoms with Gasteiger partial charge in [0.05, 0.1) is 0 Å². The Labute approximate surface area is 102 Å². The first kappa shape index (κ1) is 13.5. The summed E-state index contributed by atoms with van der Waals surface area (Å²) in [6, 6.07) is 0. The van der Waals surface area contributed by atoms with Crippen LogP contribution in [-0.2, 0) is 0 Å². The minimum absolute atomic E-state index is 0.408. The third-order valence-electron chi connectivity index (χ3n) is 4.45. The van der Waals surface area contributed by atoms with E-state index in [0.29, 0.717) is 5.41 Å². The molecule has 16 heavy (non-hydrogen) atoms. The van der Waals surface area contributed by atoms with E-state index in [1.807, 2.05) is 0 Å². The van der Waals surface area contributed by atoms with Crippen LogP contribution >= 0.6 is 0 Å². The topological polar surface area (TPSA) is 0 Å². The lowest BCUT2D eigenvalue weighted by Crippen LogP contribution is -2.21. The molecule has 1 rings (SSSR count). The van der Waals surface area contributed by atoms with Crippen molar-refractivity contribution in [1.82, 2.24) is 0 Å². The van der Waals surface area contributed by atoms with Crippen molar-refractivity contribution < 1.29 is 0 Å². The van der Waals surface area contributed by atoms with Gasteiger partial charge in [0.15, 0.2) is 0 Å². The molecule has 0 spiro atoms. The molecule has 0 heterocycles. The first-order valence-corrected chi connectivity index (χ1v) is 6.69. The zero-order chi connectivity index (χ0) is 12.5. The lowest BCUT2D eigenvalue weighted by molar-refractivity contribution is 0.231. The molecule has 0 radical (unpaired) electrons. The summed E-state index contributed by atoms with van der Waals surface area (Å²) < 4.78 is 0. The molecular weight excluding hydrogens is 192 g/mol. The molecule has 0 aromatic heterocycles. The average Bonchev–Trinajstić information content (AvgIpc) is 2.67. The minimum atomic E-state index is 0.408. The lowest BCUT2D eigenvalue weighted by Gasteiger charge is -2.29. The molecule has 0 amide bonds. The number of allylic oxidation sites excluding steroid dienone is 4. The van der Waals surface area contributed by atoms with Crippen LogP contribution in [0, 0.1) is 23.2 Å². The second kappa shape index (κ2) is 4.77. The van der Waals surface area contributed by atoms with Gasteiger partial charge in [0.2, 0.25) is 0 Å². The molecule has 1 aliphatic carbocycles. The van der Waals surface area contributed by atoms with Crippen molar-refractivity contribution in [3.05, 3.63) is 23.3 Å². The SMILES string of the molecule is CC=CC1=C(C)C1(C)CC(C(C)C)C(C)C. The monoisotopic (exact) mass is 220 g/mol. The molecule has 0 aromatic carbocycles. The van der Waals surface area contributed by atoms with Crippen LogP contribution < -0.4 is 0 Å². The quantitative estimate of drug-likeness (QED) is 0.596. The molecule has 0 aliphatic heterocycles. The van der Waals surface area contributed by atoms with Crippen LogP contribution in [0.1, 0.15) is 54.9 Å². The van der Waals surface area contributed by atoms with Gasteiger partial charge in [-0.3, -0.25) is 0 Å².